The lowest BCUT2D eigenvalue weighted by Gasteiger charge is -2.07. The molecule has 0 saturated heterocycles. The smallest absolute Gasteiger partial charge is 0.177 e. The number of nitrogens with one attached hydrogen (secondary N) is 1. The molecule has 0 aliphatic carbocycles. The first-order valence-corrected chi connectivity index (χ1v) is 6.82. The Labute approximate surface area is 129 Å². The predicted octanol–water partition coefficient (Wildman–Crippen LogP) is 4.12. The van der Waals surface area contributed by atoms with E-state index in [2.05, 4.69) is 17.5 Å². The Hall–Kier alpha value is -2.20. The van der Waals surface area contributed by atoms with Crippen LogP contribution in [-0.2, 0) is 0 Å². The van der Waals surface area contributed by atoms with Gasteiger partial charge in [0.25, 0.3) is 0 Å². The number of aryl methyl sites for hydroxylation is 2. The molecule has 2 aromatic rings. The molecule has 0 bridgehead atoms. The highest BCUT2D eigenvalue weighted by Crippen LogP contribution is 2.35. The molecule has 0 aromatic heterocycles. The lowest BCUT2D eigenvalue weighted by atomic mass is 10.1. The Morgan fingerprint density at radius 2 is 1.95 bits per heavy atom. The molecule has 0 radical (unpaired) electrons. The highest BCUT2D eigenvalue weighted by Gasteiger charge is 2.09. The maximum Gasteiger partial charge on any atom is 0.177 e. The second kappa shape index (κ2) is 6.50. The van der Waals surface area contributed by atoms with Crippen molar-refractivity contribution < 1.29 is 9.84 Å². The molecular formula is C16H17ClN2O2. The van der Waals surface area contributed by atoms with E-state index in [1.54, 1.807) is 18.3 Å². The van der Waals surface area contributed by atoms with Crippen LogP contribution in [0.2, 0.25) is 5.02 Å². The van der Waals surface area contributed by atoms with Gasteiger partial charge in [0.2, 0.25) is 0 Å². The number of phenols is 1. The van der Waals surface area contributed by atoms with Crippen molar-refractivity contribution in [2.45, 2.75) is 13.8 Å². The fourth-order valence-corrected chi connectivity index (χ4v) is 2.02. The summed E-state index contributed by atoms with van der Waals surface area (Å²) in [7, 11) is 1.47. The number of anilines is 1. The Balaban J connectivity index is 2.14. The number of aromatic hydroxyl groups is 1. The molecule has 0 amide bonds. The maximum atomic E-state index is 9.82. The van der Waals surface area contributed by atoms with Crippen molar-refractivity contribution in [1.82, 2.24) is 0 Å². The normalized spacial score (nSPS) is 10.9. The third-order valence-corrected chi connectivity index (χ3v) is 3.63. The first-order valence-electron chi connectivity index (χ1n) is 6.44. The van der Waals surface area contributed by atoms with E-state index in [0.717, 1.165) is 5.69 Å². The van der Waals surface area contributed by atoms with Gasteiger partial charge >= 0.3 is 0 Å². The van der Waals surface area contributed by atoms with Gasteiger partial charge in [-0.2, -0.15) is 5.10 Å². The van der Waals surface area contributed by atoms with Gasteiger partial charge in [-0.15, -0.1) is 0 Å². The van der Waals surface area contributed by atoms with E-state index in [-0.39, 0.29) is 10.8 Å². The Morgan fingerprint density at radius 3 is 2.62 bits per heavy atom. The fraction of sp³-hybridized carbons (Fsp3) is 0.188. The number of phenolic OH excluding ortho intramolecular Hbond substituents is 1. The predicted molar refractivity (Wildman–Crippen MR) is 86.8 cm³/mol. The maximum absolute atomic E-state index is 9.82. The third kappa shape index (κ3) is 3.47. The summed E-state index contributed by atoms with van der Waals surface area (Å²) in [4.78, 5) is 0. The summed E-state index contributed by atoms with van der Waals surface area (Å²) in [5.41, 5.74) is 6.85. The van der Waals surface area contributed by atoms with Crippen LogP contribution in [0.5, 0.6) is 11.5 Å². The molecule has 0 fully saturated rings. The van der Waals surface area contributed by atoms with E-state index in [0.29, 0.717) is 11.3 Å². The summed E-state index contributed by atoms with van der Waals surface area (Å²) in [5, 5.41) is 14.2. The summed E-state index contributed by atoms with van der Waals surface area (Å²) in [5.74, 6) is 0.244. The van der Waals surface area contributed by atoms with Gasteiger partial charge in [-0.05, 0) is 49.2 Å². The van der Waals surface area contributed by atoms with Crippen LogP contribution < -0.4 is 10.2 Å². The van der Waals surface area contributed by atoms with Crippen LogP contribution >= 0.6 is 11.6 Å². The standard InChI is InChI=1S/C16H17ClN2O2/c1-10-4-6-13(8-11(10)2)19-18-9-12-5-7-14(21-3)16(20)15(12)17/h4-9,19-20H,1-3H3. The monoisotopic (exact) mass is 304 g/mol. The van der Waals surface area contributed by atoms with Gasteiger partial charge in [-0.3, -0.25) is 5.43 Å². The van der Waals surface area contributed by atoms with Gasteiger partial charge in [0.05, 0.1) is 24.0 Å². The molecule has 2 N–H and O–H groups in total. The molecule has 110 valence electrons. The second-order valence-electron chi connectivity index (χ2n) is 4.69. The number of benzene rings is 2. The minimum atomic E-state index is -0.0886. The molecule has 21 heavy (non-hydrogen) atoms. The van der Waals surface area contributed by atoms with Crippen LogP contribution in [0.25, 0.3) is 0 Å². The van der Waals surface area contributed by atoms with Gasteiger partial charge in [0.1, 0.15) is 0 Å². The molecule has 4 nitrogen and oxygen atoms in total. The van der Waals surface area contributed by atoms with Crippen molar-refractivity contribution in [2.75, 3.05) is 12.5 Å². The van der Waals surface area contributed by atoms with Gasteiger partial charge in [0, 0.05) is 5.56 Å². The van der Waals surface area contributed by atoms with Crippen LogP contribution in [0.4, 0.5) is 5.69 Å². The topological polar surface area (TPSA) is 53.8 Å². The van der Waals surface area contributed by atoms with Crippen molar-refractivity contribution in [3.8, 4) is 11.5 Å². The number of hydrogen-bond acceptors (Lipinski definition) is 4. The molecule has 0 heterocycles. The SMILES string of the molecule is COc1ccc(C=NNc2ccc(C)c(C)c2)c(Cl)c1O. The van der Waals surface area contributed by atoms with E-state index in [1.807, 2.05) is 25.1 Å². The van der Waals surface area contributed by atoms with Crippen molar-refractivity contribution >= 4 is 23.5 Å². The van der Waals surface area contributed by atoms with Crippen molar-refractivity contribution in [3.63, 3.8) is 0 Å². The first kappa shape index (κ1) is 15.2. The molecule has 0 unspecified atom stereocenters. The number of halogens is 1. The van der Waals surface area contributed by atoms with Gasteiger partial charge < -0.3 is 9.84 Å². The summed E-state index contributed by atoms with van der Waals surface area (Å²) in [6.07, 6.45) is 1.55. The van der Waals surface area contributed by atoms with Crippen LogP contribution in [-0.4, -0.2) is 18.4 Å². The Bertz CT molecular complexity index is 684. The average Bonchev–Trinajstić information content (AvgIpc) is 2.47. The van der Waals surface area contributed by atoms with Gasteiger partial charge in [0.15, 0.2) is 11.5 Å². The number of hydrogen-bond donors (Lipinski definition) is 2. The van der Waals surface area contributed by atoms with E-state index in [4.69, 9.17) is 16.3 Å². The van der Waals surface area contributed by atoms with Crippen molar-refractivity contribution in [1.29, 1.82) is 0 Å². The summed E-state index contributed by atoms with van der Waals surface area (Å²) in [6.45, 7) is 4.10. The van der Waals surface area contributed by atoms with Crippen LogP contribution in [0.3, 0.4) is 0 Å². The molecule has 0 atom stereocenters. The van der Waals surface area contributed by atoms with Crippen molar-refractivity contribution in [3.05, 3.63) is 52.0 Å². The molecule has 5 heteroatoms. The fourth-order valence-electron chi connectivity index (χ4n) is 1.81. The zero-order valence-corrected chi connectivity index (χ0v) is 12.9. The van der Waals surface area contributed by atoms with Crippen LogP contribution in [0, 0.1) is 13.8 Å². The average molecular weight is 305 g/mol. The van der Waals surface area contributed by atoms with Crippen molar-refractivity contribution in [2.24, 2.45) is 5.10 Å². The van der Waals surface area contributed by atoms with E-state index in [9.17, 15) is 5.11 Å². The molecule has 2 aromatic carbocycles. The molecule has 0 aliphatic heterocycles. The molecule has 2 rings (SSSR count). The summed E-state index contributed by atoms with van der Waals surface area (Å²) in [6, 6.07) is 9.36. The van der Waals surface area contributed by atoms with E-state index >= 15 is 0 Å². The van der Waals surface area contributed by atoms with E-state index < -0.39 is 0 Å². The Kier molecular flexibility index (Phi) is 4.70. The zero-order chi connectivity index (χ0) is 15.4. The summed E-state index contributed by atoms with van der Waals surface area (Å²) >= 11 is 6.06. The Morgan fingerprint density at radius 1 is 1.19 bits per heavy atom. The second-order valence-corrected chi connectivity index (χ2v) is 5.07. The molecule has 0 saturated carbocycles. The van der Waals surface area contributed by atoms with Gasteiger partial charge in [-0.25, -0.2) is 0 Å². The van der Waals surface area contributed by atoms with Crippen LogP contribution in [0.1, 0.15) is 16.7 Å². The van der Waals surface area contributed by atoms with Gasteiger partial charge in [-0.1, -0.05) is 17.7 Å². The number of nitrogens with zero attached hydrogens (tertiary/aromatic N) is 1. The largest absolute Gasteiger partial charge is 0.503 e. The minimum Gasteiger partial charge on any atom is -0.503 e. The van der Waals surface area contributed by atoms with E-state index in [1.165, 1.54) is 18.2 Å². The number of rotatable bonds is 4. The lowest BCUT2D eigenvalue weighted by molar-refractivity contribution is 0.373. The molecular weight excluding hydrogens is 288 g/mol. The lowest BCUT2D eigenvalue weighted by Crippen LogP contribution is -1.93. The number of ether oxygens (including phenoxy) is 1. The highest BCUT2D eigenvalue weighted by atomic mass is 35.5. The highest BCUT2D eigenvalue weighted by molar-refractivity contribution is 6.34. The summed E-state index contributed by atoms with van der Waals surface area (Å²) < 4.78 is 4.98. The first-order chi connectivity index (χ1) is 10.0. The third-order valence-electron chi connectivity index (χ3n) is 3.23. The molecule has 0 spiro atoms. The quantitative estimate of drug-likeness (QED) is 0.660. The number of hydrazone groups is 1. The minimum absolute atomic E-state index is 0.0886. The number of methoxy groups -OCH3 is 1. The molecule has 0 aliphatic rings. The zero-order valence-electron chi connectivity index (χ0n) is 12.1. The van der Waals surface area contributed by atoms with Crippen LogP contribution in [0.15, 0.2) is 35.4 Å².